The fourth-order valence-corrected chi connectivity index (χ4v) is 1.81. The molecule has 0 spiro atoms. The number of aromatic nitrogens is 2. The van der Waals surface area contributed by atoms with Gasteiger partial charge in [-0.1, -0.05) is 20.8 Å². The summed E-state index contributed by atoms with van der Waals surface area (Å²) in [6, 6.07) is 4.23. The zero-order valence-electron chi connectivity index (χ0n) is 12.2. The number of alkyl halides is 3. The van der Waals surface area contributed by atoms with E-state index in [4.69, 9.17) is 0 Å². The number of H-pyrrole nitrogens is 2. The summed E-state index contributed by atoms with van der Waals surface area (Å²) in [5.74, 6) is 0. The van der Waals surface area contributed by atoms with Crippen molar-refractivity contribution in [3.05, 3.63) is 45.9 Å². The molecule has 2 rings (SSSR count). The van der Waals surface area contributed by atoms with Gasteiger partial charge in [0, 0.05) is 5.41 Å². The SMILES string of the molecule is CC(C)(C)c1[nH][nH]c(=O)c1N=Nc1ccc(C(F)(F)F)cc1. The summed E-state index contributed by atoms with van der Waals surface area (Å²) >= 11 is 0. The highest BCUT2D eigenvalue weighted by atomic mass is 19.4. The summed E-state index contributed by atoms with van der Waals surface area (Å²) in [6.07, 6.45) is -4.40. The molecule has 0 saturated heterocycles. The maximum absolute atomic E-state index is 12.5. The lowest BCUT2D eigenvalue weighted by Gasteiger charge is -2.15. The van der Waals surface area contributed by atoms with Gasteiger partial charge >= 0.3 is 6.18 Å². The van der Waals surface area contributed by atoms with Crippen LogP contribution in [0.25, 0.3) is 0 Å². The van der Waals surface area contributed by atoms with E-state index in [-0.39, 0.29) is 16.8 Å². The van der Waals surface area contributed by atoms with Gasteiger partial charge in [0.15, 0.2) is 5.69 Å². The normalized spacial score (nSPS) is 13.0. The Morgan fingerprint density at radius 3 is 2.05 bits per heavy atom. The van der Waals surface area contributed by atoms with Crippen LogP contribution in [0.1, 0.15) is 32.0 Å². The summed E-state index contributed by atoms with van der Waals surface area (Å²) in [7, 11) is 0. The number of aromatic amines is 2. The summed E-state index contributed by atoms with van der Waals surface area (Å²) in [5.41, 5.74) is -0.621. The molecule has 2 N–H and O–H groups in total. The van der Waals surface area contributed by atoms with Crippen LogP contribution in [0.3, 0.4) is 0 Å². The Balaban J connectivity index is 2.30. The van der Waals surface area contributed by atoms with Gasteiger partial charge in [0.25, 0.3) is 5.56 Å². The summed E-state index contributed by atoms with van der Waals surface area (Å²) < 4.78 is 37.4. The van der Waals surface area contributed by atoms with Crippen LogP contribution in [0.5, 0.6) is 0 Å². The van der Waals surface area contributed by atoms with Gasteiger partial charge in [0.2, 0.25) is 0 Å². The molecule has 0 radical (unpaired) electrons. The van der Waals surface area contributed by atoms with E-state index >= 15 is 0 Å². The molecule has 118 valence electrons. The topological polar surface area (TPSA) is 73.4 Å². The Labute approximate surface area is 124 Å². The number of benzene rings is 1. The number of halogens is 3. The van der Waals surface area contributed by atoms with Crippen molar-refractivity contribution in [1.82, 2.24) is 10.2 Å². The van der Waals surface area contributed by atoms with Crippen LogP contribution in [0, 0.1) is 0 Å². The van der Waals surface area contributed by atoms with E-state index < -0.39 is 17.3 Å². The Hall–Kier alpha value is -2.38. The van der Waals surface area contributed by atoms with E-state index in [1.807, 2.05) is 20.8 Å². The first kappa shape index (κ1) is 16.0. The highest BCUT2D eigenvalue weighted by molar-refractivity contribution is 5.45. The molecule has 1 aromatic heterocycles. The molecule has 8 heteroatoms. The average molecular weight is 312 g/mol. The molecule has 2 aromatic rings. The summed E-state index contributed by atoms with van der Waals surface area (Å²) in [5, 5.41) is 12.9. The smallest absolute Gasteiger partial charge is 0.299 e. The van der Waals surface area contributed by atoms with E-state index in [1.165, 1.54) is 12.1 Å². The summed E-state index contributed by atoms with van der Waals surface area (Å²) in [6.45, 7) is 5.68. The lowest BCUT2D eigenvalue weighted by atomic mass is 9.91. The van der Waals surface area contributed by atoms with Crippen molar-refractivity contribution in [2.45, 2.75) is 32.4 Å². The number of hydrogen-bond acceptors (Lipinski definition) is 3. The average Bonchev–Trinajstić information content (AvgIpc) is 2.77. The second kappa shape index (κ2) is 5.43. The van der Waals surface area contributed by atoms with Crippen molar-refractivity contribution in [3.8, 4) is 0 Å². The van der Waals surface area contributed by atoms with Crippen LogP contribution >= 0.6 is 0 Å². The molecule has 0 saturated carbocycles. The van der Waals surface area contributed by atoms with Gasteiger partial charge < -0.3 is 0 Å². The van der Waals surface area contributed by atoms with E-state index in [0.717, 1.165) is 12.1 Å². The molecule has 1 heterocycles. The Kier molecular flexibility index (Phi) is 3.95. The van der Waals surface area contributed by atoms with Crippen molar-refractivity contribution < 1.29 is 13.2 Å². The van der Waals surface area contributed by atoms with Crippen LogP contribution in [0.2, 0.25) is 0 Å². The molecule has 0 fully saturated rings. The number of hydrogen-bond donors (Lipinski definition) is 2. The quantitative estimate of drug-likeness (QED) is 0.791. The number of rotatable bonds is 2. The van der Waals surface area contributed by atoms with Crippen LogP contribution in [-0.4, -0.2) is 10.2 Å². The maximum atomic E-state index is 12.5. The predicted molar refractivity (Wildman–Crippen MR) is 75.7 cm³/mol. The molecule has 0 unspecified atom stereocenters. The third-order valence-corrected chi connectivity index (χ3v) is 2.96. The maximum Gasteiger partial charge on any atom is 0.416 e. The van der Waals surface area contributed by atoms with Crippen LogP contribution in [0.4, 0.5) is 24.5 Å². The molecule has 5 nitrogen and oxygen atoms in total. The largest absolute Gasteiger partial charge is 0.416 e. The number of nitrogens with one attached hydrogen (secondary N) is 2. The third kappa shape index (κ3) is 3.44. The van der Waals surface area contributed by atoms with Gasteiger partial charge in [0.05, 0.1) is 16.9 Å². The predicted octanol–water partition coefficient (Wildman–Crippen LogP) is 4.43. The molecule has 0 aliphatic rings. The van der Waals surface area contributed by atoms with E-state index in [2.05, 4.69) is 20.4 Å². The molecule has 22 heavy (non-hydrogen) atoms. The minimum Gasteiger partial charge on any atom is -0.299 e. The zero-order chi connectivity index (χ0) is 16.5. The molecular formula is C14H15F3N4O. The molecule has 0 bridgehead atoms. The fourth-order valence-electron chi connectivity index (χ4n) is 1.81. The van der Waals surface area contributed by atoms with Crippen LogP contribution < -0.4 is 5.56 Å². The van der Waals surface area contributed by atoms with Crippen molar-refractivity contribution in [1.29, 1.82) is 0 Å². The van der Waals surface area contributed by atoms with Gasteiger partial charge in [-0.05, 0) is 24.3 Å². The molecule has 0 aliphatic heterocycles. The highest BCUT2D eigenvalue weighted by Crippen LogP contribution is 2.31. The number of nitrogens with zero attached hydrogens (tertiary/aromatic N) is 2. The minimum atomic E-state index is -4.40. The molecule has 0 aliphatic carbocycles. The van der Waals surface area contributed by atoms with Gasteiger partial charge in [-0.3, -0.25) is 15.0 Å². The highest BCUT2D eigenvalue weighted by Gasteiger charge is 2.30. The molecule has 0 atom stereocenters. The van der Waals surface area contributed by atoms with E-state index in [1.54, 1.807) is 0 Å². The fraction of sp³-hybridized carbons (Fsp3) is 0.357. The lowest BCUT2D eigenvalue weighted by Crippen LogP contribution is -2.12. The van der Waals surface area contributed by atoms with Crippen LogP contribution in [0.15, 0.2) is 39.3 Å². The summed E-state index contributed by atoms with van der Waals surface area (Å²) in [4.78, 5) is 11.7. The monoisotopic (exact) mass is 312 g/mol. The Morgan fingerprint density at radius 2 is 1.55 bits per heavy atom. The van der Waals surface area contributed by atoms with Crippen molar-refractivity contribution in [3.63, 3.8) is 0 Å². The van der Waals surface area contributed by atoms with E-state index in [9.17, 15) is 18.0 Å². The van der Waals surface area contributed by atoms with Crippen molar-refractivity contribution >= 4 is 11.4 Å². The van der Waals surface area contributed by atoms with E-state index in [0.29, 0.717) is 5.69 Å². The first-order valence-corrected chi connectivity index (χ1v) is 6.49. The van der Waals surface area contributed by atoms with Crippen molar-refractivity contribution in [2.24, 2.45) is 10.2 Å². The van der Waals surface area contributed by atoms with Crippen molar-refractivity contribution in [2.75, 3.05) is 0 Å². The molecule has 0 amide bonds. The minimum absolute atomic E-state index is 0.118. The second-order valence-electron chi connectivity index (χ2n) is 5.80. The lowest BCUT2D eigenvalue weighted by molar-refractivity contribution is -0.137. The number of azo groups is 1. The third-order valence-electron chi connectivity index (χ3n) is 2.96. The first-order chi connectivity index (χ1) is 10.1. The van der Waals surface area contributed by atoms with Crippen LogP contribution in [-0.2, 0) is 11.6 Å². The van der Waals surface area contributed by atoms with Gasteiger partial charge in [0.1, 0.15) is 0 Å². The first-order valence-electron chi connectivity index (χ1n) is 6.49. The molecule has 1 aromatic carbocycles. The zero-order valence-corrected chi connectivity index (χ0v) is 12.2. The Bertz CT molecular complexity index is 733. The Morgan fingerprint density at radius 1 is 0.955 bits per heavy atom. The molecular weight excluding hydrogens is 297 g/mol. The van der Waals surface area contributed by atoms with Gasteiger partial charge in [-0.25, -0.2) is 0 Å². The van der Waals surface area contributed by atoms with Gasteiger partial charge in [-0.2, -0.15) is 18.3 Å². The second-order valence-corrected chi connectivity index (χ2v) is 5.80. The standard InChI is InChI=1S/C14H15F3N4O/c1-13(2,3)11-10(12(22)21-20-11)19-18-9-6-4-8(5-7-9)14(15,16)17/h4-7H,1-3H3,(H2,20,21,22). The van der Waals surface area contributed by atoms with Gasteiger partial charge in [-0.15, -0.1) is 5.11 Å².